The molecule has 6 heteroatoms. The molecule has 2 unspecified atom stereocenters. The lowest BCUT2D eigenvalue weighted by molar-refractivity contribution is -0.454. The topological polar surface area (TPSA) is 55.4 Å². The van der Waals surface area contributed by atoms with Crippen LogP contribution < -0.4 is 0 Å². The fourth-order valence-electron chi connectivity index (χ4n) is 3.55. The van der Waals surface area contributed by atoms with Crippen LogP contribution >= 0.6 is 0 Å². The van der Waals surface area contributed by atoms with Gasteiger partial charge in [-0.2, -0.15) is 0 Å². The summed E-state index contributed by atoms with van der Waals surface area (Å²) < 4.78 is 0. The quantitative estimate of drug-likeness (QED) is 0.104. The monoisotopic (exact) mass is 526 g/mol. The fraction of sp³-hybridized carbons (Fsp3) is 0.500. The lowest BCUT2D eigenvalue weighted by Gasteiger charge is -2.35. The molecule has 0 heterocycles. The van der Waals surface area contributed by atoms with Gasteiger partial charge in [-0.1, -0.05) is 87.4 Å². The molecule has 0 aromatic heterocycles. The molecule has 0 bridgehead atoms. The number of unbranched alkanes of at least 4 members (excludes halogenated alkanes) is 2. The average Bonchev–Trinajstić information content (AvgIpc) is 2.92. The molecular weight excluding hydrogens is 480 g/mol. The van der Waals surface area contributed by atoms with Gasteiger partial charge in [-0.25, -0.2) is 29.3 Å². The molecule has 0 aliphatic carbocycles. The van der Waals surface area contributed by atoms with E-state index in [4.69, 9.17) is 29.3 Å². The van der Waals surface area contributed by atoms with Gasteiger partial charge < -0.3 is 0 Å². The second-order valence-corrected chi connectivity index (χ2v) is 10.2. The molecule has 2 aromatic carbocycles. The zero-order valence-electron chi connectivity index (χ0n) is 24.1. The molecule has 0 aliphatic rings. The molecule has 0 aliphatic heterocycles. The molecule has 0 fully saturated rings. The second-order valence-electron chi connectivity index (χ2n) is 10.2. The van der Waals surface area contributed by atoms with Gasteiger partial charge in [0.2, 0.25) is 0 Å². The summed E-state index contributed by atoms with van der Waals surface area (Å²) in [5.74, 6) is 0. The van der Waals surface area contributed by atoms with E-state index in [1.807, 2.05) is 76.2 Å². The number of hydrogen-bond acceptors (Lipinski definition) is 6. The van der Waals surface area contributed by atoms with Crippen LogP contribution in [-0.4, -0.2) is 26.4 Å². The van der Waals surface area contributed by atoms with E-state index in [1.165, 1.54) is 0 Å². The zero-order chi connectivity index (χ0) is 28.0. The number of rotatable bonds is 19. The summed E-state index contributed by atoms with van der Waals surface area (Å²) in [6, 6.07) is 16.0. The molecule has 0 saturated carbocycles. The first-order valence-electron chi connectivity index (χ1n) is 13.5. The van der Waals surface area contributed by atoms with Crippen molar-refractivity contribution in [2.75, 3.05) is 26.4 Å². The summed E-state index contributed by atoms with van der Waals surface area (Å²) >= 11 is 0. The Morgan fingerprint density at radius 1 is 0.658 bits per heavy atom. The first kappa shape index (κ1) is 31.9. The first-order chi connectivity index (χ1) is 18.1. The van der Waals surface area contributed by atoms with E-state index in [0.717, 1.165) is 59.1 Å². The normalized spacial score (nSPS) is 14.6. The Balaban J connectivity index is 2.34. The van der Waals surface area contributed by atoms with E-state index in [9.17, 15) is 0 Å². The van der Waals surface area contributed by atoms with Gasteiger partial charge in [0.15, 0.2) is 11.2 Å². The minimum atomic E-state index is -0.992. The lowest BCUT2D eigenvalue weighted by atomic mass is 9.93. The Kier molecular flexibility index (Phi) is 13.4. The minimum Gasteiger partial charge on any atom is -0.237 e. The molecule has 2 aromatic rings. The van der Waals surface area contributed by atoms with Crippen LogP contribution in [0.4, 0.5) is 0 Å². The molecule has 0 N–H and O–H groups in total. The second kappa shape index (κ2) is 15.9. The van der Waals surface area contributed by atoms with Crippen LogP contribution in [0.5, 0.6) is 0 Å². The van der Waals surface area contributed by atoms with Crippen LogP contribution in [-0.2, 0) is 40.5 Å². The Hall–Kier alpha value is -2.32. The minimum absolute atomic E-state index is 0.117. The molecule has 0 spiro atoms. The van der Waals surface area contributed by atoms with E-state index < -0.39 is 11.2 Å². The Bertz CT molecular complexity index is 937. The highest BCUT2D eigenvalue weighted by molar-refractivity contribution is 5.62. The maximum absolute atomic E-state index is 6.26. The summed E-state index contributed by atoms with van der Waals surface area (Å²) in [6.45, 7) is 21.4. The van der Waals surface area contributed by atoms with Crippen molar-refractivity contribution in [3.8, 4) is 0 Å². The largest absolute Gasteiger partial charge is 0.237 e. The number of hydrogen-bond donors (Lipinski definition) is 0. The first-order valence-corrected chi connectivity index (χ1v) is 13.5. The molecule has 38 heavy (non-hydrogen) atoms. The smallest absolute Gasteiger partial charge is 0.152 e. The van der Waals surface area contributed by atoms with Crippen LogP contribution in [0.2, 0.25) is 0 Å². The van der Waals surface area contributed by atoms with E-state index in [1.54, 1.807) is 0 Å². The van der Waals surface area contributed by atoms with E-state index >= 15 is 0 Å². The standard InChI is InChI=1S/C32H46O6/c1-9-11-19-33-35-23-31(7,29-17-13-15-27(21-29)25(3)4)37-38-32(8,24-36-34-20-12-10-2)30-18-14-16-28(22-30)26(5)6/h13-18,21-22H,3,5,9-12,19-20,23-24H2,1-2,4,6-8H3. The molecule has 2 atom stereocenters. The SMILES string of the molecule is C=C(C)c1cccc(C(C)(COOCCCC)OOC(C)(COOCCCC)c2cccc(C(=C)C)c2)c1. The van der Waals surface area contributed by atoms with Crippen molar-refractivity contribution in [3.63, 3.8) is 0 Å². The van der Waals surface area contributed by atoms with E-state index in [0.29, 0.717) is 13.2 Å². The van der Waals surface area contributed by atoms with Crippen LogP contribution in [0.1, 0.15) is 89.5 Å². The van der Waals surface area contributed by atoms with Crippen molar-refractivity contribution in [3.05, 3.63) is 83.9 Å². The zero-order valence-corrected chi connectivity index (χ0v) is 24.1. The van der Waals surface area contributed by atoms with Crippen molar-refractivity contribution in [1.29, 1.82) is 0 Å². The molecule has 0 saturated heterocycles. The Labute approximate surface area is 229 Å². The molecular formula is C32H46O6. The highest BCUT2D eigenvalue weighted by Crippen LogP contribution is 2.35. The fourth-order valence-corrected chi connectivity index (χ4v) is 3.55. The van der Waals surface area contributed by atoms with Gasteiger partial charge in [-0.05, 0) is 74.9 Å². The van der Waals surface area contributed by atoms with E-state index in [-0.39, 0.29) is 13.2 Å². The predicted octanol–water partition coefficient (Wildman–Crippen LogP) is 8.33. The number of allylic oxidation sites excluding steroid dienone is 2. The van der Waals surface area contributed by atoms with Gasteiger partial charge >= 0.3 is 0 Å². The highest BCUT2D eigenvalue weighted by atomic mass is 17.2. The summed E-state index contributed by atoms with van der Waals surface area (Å²) in [6.07, 6.45) is 3.85. The maximum Gasteiger partial charge on any atom is 0.152 e. The van der Waals surface area contributed by atoms with Gasteiger partial charge in [-0.3, -0.25) is 0 Å². The van der Waals surface area contributed by atoms with Crippen molar-refractivity contribution in [2.45, 2.75) is 78.4 Å². The van der Waals surface area contributed by atoms with Gasteiger partial charge in [0.05, 0.1) is 13.2 Å². The third kappa shape index (κ3) is 9.77. The maximum atomic E-state index is 6.26. The Morgan fingerprint density at radius 3 is 1.39 bits per heavy atom. The average molecular weight is 527 g/mol. The van der Waals surface area contributed by atoms with Gasteiger partial charge in [0, 0.05) is 0 Å². The van der Waals surface area contributed by atoms with Crippen LogP contribution in [0, 0.1) is 0 Å². The molecule has 210 valence electrons. The van der Waals surface area contributed by atoms with Gasteiger partial charge in [0.25, 0.3) is 0 Å². The summed E-state index contributed by atoms with van der Waals surface area (Å²) in [5, 5.41) is 0. The Morgan fingerprint density at radius 2 is 1.05 bits per heavy atom. The third-order valence-electron chi connectivity index (χ3n) is 6.34. The van der Waals surface area contributed by atoms with E-state index in [2.05, 4.69) is 27.0 Å². The van der Waals surface area contributed by atoms with Crippen LogP contribution in [0.25, 0.3) is 11.1 Å². The highest BCUT2D eigenvalue weighted by Gasteiger charge is 2.37. The van der Waals surface area contributed by atoms with Gasteiger partial charge in [0.1, 0.15) is 13.2 Å². The van der Waals surface area contributed by atoms with Gasteiger partial charge in [-0.15, -0.1) is 0 Å². The van der Waals surface area contributed by atoms with Crippen LogP contribution in [0.3, 0.4) is 0 Å². The summed E-state index contributed by atoms with van der Waals surface area (Å²) in [7, 11) is 0. The summed E-state index contributed by atoms with van der Waals surface area (Å²) in [4.78, 5) is 34.6. The third-order valence-corrected chi connectivity index (χ3v) is 6.34. The van der Waals surface area contributed by atoms with Crippen molar-refractivity contribution < 1.29 is 29.3 Å². The predicted molar refractivity (Wildman–Crippen MR) is 153 cm³/mol. The molecule has 0 amide bonds. The van der Waals surface area contributed by atoms with Crippen molar-refractivity contribution >= 4 is 11.1 Å². The van der Waals surface area contributed by atoms with Crippen molar-refractivity contribution in [2.24, 2.45) is 0 Å². The van der Waals surface area contributed by atoms with Crippen LogP contribution in [0.15, 0.2) is 61.7 Å². The van der Waals surface area contributed by atoms with Crippen molar-refractivity contribution in [1.82, 2.24) is 0 Å². The number of benzene rings is 2. The lowest BCUT2D eigenvalue weighted by Crippen LogP contribution is -2.39. The molecule has 2 rings (SSSR count). The molecule has 0 radical (unpaired) electrons. The summed E-state index contributed by atoms with van der Waals surface area (Å²) in [5.41, 5.74) is 3.68. The molecule has 6 nitrogen and oxygen atoms in total.